The van der Waals surface area contributed by atoms with Crippen molar-refractivity contribution >= 4 is 11.9 Å². The first-order chi connectivity index (χ1) is 12.0. The van der Waals surface area contributed by atoms with Crippen molar-refractivity contribution in [1.82, 2.24) is 15.1 Å². The number of nitrogens with one attached hydrogen (secondary N) is 1. The van der Waals surface area contributed by atoms with Crippen LogP contribution in [0.4, 0.5) is 0 Å². The molecule has 1 aromatic heterocycles. The number of rotatable bonds is 5. The van der Waals surface area contributed by atoms with E-state index in [1.54, 1.807) is 0 Å². The van der Waals surface area contributed by atoms with Gasteiger partial charge < -0.3 is 15.2 Å². The van der Waals surface area contributed by atoms with Crippen LogP contribution in [-0.4, -0.2) is 39.9 Å². The van der Waals surface area contributed by atoms with Gasteiger partial charge in [0.2, 0.25) is 5.91 Å². The maximum atomic E-state index is 12.4. The molecule has 0 spiro atoms. The highest BCUT2D eigenvalue weighted by Crippen LogP contribution is 2.38. The Morgan fingerprint density at radius 1 is 1.32 bits per heavy atom. The van der Waals surface area contributed by atoms with E-state index in [2.05, 4.69) is 10.4 Å². The number of carboxylic acid groups (broad SMARTS) is 1. The van der Waals surface area contributed by atoms with E-state index in [0.29, 0.717) is 13.0 Å². The zero-order chi connectivity index (χ0) is 18.0. The smallest absolute Gasteiger partial charge is 0.322 e. The molecule has 2 N–H and O–H groups in total. The van der Waals surface area contributed by atoms with Gasteiger partial charge in [0.25, 0.3) is 0 Å². The molecule has 1 saturated heterocycles. The Balaban J connectivity index is 1.89. The van der Waals surface area contributed by atoms with E-state index in [1.165, 1.54) is 0 Å². The topological polar surface area (TPSA) is 93.5 Å². The number of benzene rings is 1. The second-order valence-corrected chi connectivity index (χ2v) is 6.13. The van der Waals surface area contributed by atoms with E-state index >= 15 is 0 Å². The summed E-state index contributed by atoms with van der Waals surface area (Å²) >= 11 is 0. The fourth-order valence-corrected chi connectivity index (χ4v) is 3.32. The summed E-state index contributed by atoms with van der Waals surface area (Å²) in [6.07, 6.45) is 0.150. The standard InChI is InChI=1S/C18H21N3O4/c1-11-16(12(2)21(20-11)13-6-4-3-5-7-13)17-14(8-9-25-17)18(24)19-10-15(22)23/h3-7,14,17H,8-10H2,1-2H3,(H,19,24)(H,22,23)/t14-,17-/m0/s1. The molecular weight excluding hydrogens is 322 g/mol. The Labute approximate surface area is 145 Å². The van der Waals surface area contributed by atoms with Gasteiger partial charge in [-0.3, -0.25) is 9.59 Å². The maximum Gasteiger partial charge on any atom is 0.322 e. The second-order valence-electron chi connectivity index (χ2n) is 6.13. The predicted octanol–water partition coefficient (Wildman–Crippen LogP) is 1.77. The number of para-hydroxylation sites is 1. The molecule has 7 nitrogen and oxygen atoms in total. The van der Waals surface area contributed by atoms with Gasteiger partial charge in [0.15, 0.2) is 0 Å². The second kappa shape index (κ2) is 7.06. The number of aryl methyl sites for hydroxylation is 1. The van der Waals surface area contributed by atoms with Gasteiger partial charge in [-0.15, -0.1) is 0 Å². The van der Waals surface area contributed by atoms with E-state index < -0.39 is 18.0 Å². The van der Waals surface area contributed by atoms with Crippen LogP contribution in [0.2, 0.25) is 0 Å². The molecule has 25 heavy (non-hydrogen) atoms. The van der Waals surface area contributed by atoms with Crippen LogP contribution in [0.5, 0.6) is 0 Å². The number of carbonyl (C=O) groups is 2. The van der Waals surface area contributed by atoms with E-state index in [4.69, 9.17) is 9.84 Å². The molecule has 1 aliphatic rings. The molecular formula is C18H21N3O4. The molecule has 2 heterocycles. The largest absolute Gasteiger partial charge is 0.480 e. The molecule has 1 aliphatic heterocycles. The van der Waals surface area contributed by atoms with Crippen molar-refractivity contribution in [3.8, 4) is 5.69 Å². The van der Waals surface area contributed by atoms with Crippen LogP contribution in [0.25, 0.3) is 5.69 Å². The molecule has 2 atom stereocenters. The van der Waals surface area contributed by atoms with Gasteiger partial charge in [0.1, 0.15) is 6.54 Å². The fraction of sp³-hybridized carbons (Fsp3) is 0.389. The summed E-state index contributed by atoms with van der Waals surface area (Å²) in [6.45, 7) is 3.93. The van der Waals surface area contributed by atoms with Gasteiger partial charge in [0, 0.05) is 17.9 Å². The van der Waals surface area contributed by atoms with Gasteiger partial charge in [-0.25, -0.2) is 4.68 Å². The molecule has 0 aliphatic carbocycles. The summed E-state index contributed by atoms with van der Waals surface area (Å²) in [5.74, 6) is -1.77. The third-order valence-electron chi connectivity index (χ3n) is 4.47. The van der Waals surface area contributed by atoms with Crippen LogP contribution >= 0.6 is 0 Å². The monoisotopic (exact) mass is 343 g/mol. The number of aromatic nitrogens is 2. The van der Waals surface area contributed by atoms with E-state index in [0.717, 1.165) is 22.6 Å². The lowest BCUT2D eigenvalue weighted by Gasteiger charge is -2.18. The number of ether oxygens (including phenoxy) is 1. The average Bonchev–Trinajstić information content (AvgIpc) is 3.17. The van der Waals surface area contributed by atoms with Crippen LogP contribution in [0.3, 0.4) is 0 Å². The van der Waals surface area contributed by atoms with Crippen molar-refractivity contribution in [3.63, 3.8) is 0 Å². The quantitative estimate of drug-likeness (QED) is 0.863. The van der Waals surface area contributed by atoms with Crippen LogP contribution < -0.4 is 5.32 Å². The summed E-state index contributed by atoms with van der Waals surface area (Å²) in [6, 6.07) is 9.77. The summed E-state index contributed by atoms with van der Waals surface area (Å²) in [7, 11) is 0. The number of amides is 1. The first-order valence-electron chi connectivity index (χ1n) is 8.21. The molecule has 1 aromatic carbocycles. The molecule has 0 saturated carbocycles. The third kappa shape index (κ3) is 3.41. The molecule has 132 valence electrons. The Morgan fingerprint density at radius 2 is 2.04 bits per heavy atom. The first kappa shape index (κ1) is 17.2. The van der Waals surface area contributed by atoms with Crippen molar-refractivity contribution < 1.29 is 19.4 Å². The van der Waals surface area contributed by atoms with Gasteiger partial charge in [-0.05, 0) is 32.4 Å². The van der Waals surface area contributed by atoms with E-state index in [9.17, 15) is 9.59 Å². The highest BCUT2D eigenvalue weighted by Gasteiger charge is 2.38. The van der Waals surface area contributed by atoms with Gasteiger partial charge in [0.05, 0.1) is 23.4 Å². The van der Waals surface area contributed by atoms with Crippen LogP contribution in [0, 0.1) is 19.8 Å². The Morgan fingerprint density at radius 3 is 2.72 bits per heavy atom. The van der Waals surface area contributed by atoms with Crippen molar-refractivity contribution in [1.29, 1.82) is 0 Å². The Bertz CT molecular complexity index is 785. The maximum absolute atomic E-state index is 12.4. The molecule has 1 fully saturated rings. The van der Waals surface area contributed by atoms with Crippen molar-refractivity contribution in [2.45, 2.75) is 26.4 Å². The lowest BCUT2D eigenvalue weighted by atomic mass is 9.93. The number of nitrogens with zero attached hydrogens (tertiary/aromatic N) is 2. The van der Waals surface area contributed by atoms with Gasteiger partial charge >= 0.3 is 5.97 Å². The van der Waals surface area contributed by atoms with E-state index in [-0.39, 0.29) is 12.5 Å². The SMILES string of the molecule is Cc1nn(-c2ccccc2)c(C)c1[C@H]1OCC[C@@H]1C(=O)NCC(=O)O. The highest BCUT2D eigenvalue weighted by molar-refractivity contribution is 5.83. The number of carbonyl (C=O) groups excluding carboxylic acids is 1. The summed E-state index contributed by atoms with van der Waals surface area (Å²) in [5, 5.41) is 15.8. The molecule has 0 unspecified atom stereocenters. The van der Waals surface area contributed by atoms with Crippen molar-refractivity contribution in [2.75, 3.05) is 13.2 Å². The highest BCUT2D eigenvalue weighted by atomic mass is 16.5. The average molecular weight is 343 g/mol. The zero-order valence-corrected chi connectivity index (χ0v) is 14.2. The lowest BCUT2D eigenvalue weighted by molar-refractivity contribution is -0.139. The molecule has 2 aromatic rings. The van der Waals surface area contributed by atoms with Crippen molar-refractivity contribution in [3.05, 3.63) is 47.3 Å². The molecule has 7 heteroatoms. The molecule has 0 radical (unpaired) electrons. The van der Waals surface area contributed by atoms with Crippen molar-refractivity contribution in [2.24, 2.45) is 5.92 Å². The summed E-state index contributed by atoms with van der Waals surface area (Å²) < 4.78 is 7.67. The number of carboxylic acids is 1. The van der Waals surface area contributed by atoms with E-state index in [1.807, 2.05) is 48.9 Å². The Hall–Kier alpha value is -2.67. The molecule has 3 rings (SSSR count). The normalized spacial score (nSPS) is 19.8. The third-order valence-corrected chi connectivity index (χ3v) is 4.47. The summed E-state index contributed by atoms with van der Waals surface area (Å²) in [5.41, 5.74) is 3.58. The van der Waals surface area contributed by atoms with Crippen LogP contribution in [-0.2, 0) is 14.3 Å². The minimum absolute atomic E-state index is 0.295. The summed E-state index contributed by atoms with van der Waals surface area (Å²) in [4.78, 5) is 23.0. The van der Waals surface area contributed by atoms with Crippen LogP contribution in [0.15, 0.2) is 30.3 Å². The number of aliphatic carboxylic acids is 1. The Kier molecular flexibility index (Phi) is 4.85. The zero-order valence-electron chi connectivity index (χ0n) is 14.2. The van der Waals surface area contributed by atoms with Gasteiger partial charge in [-0.1, -0.05) is 18.2 Å². The van der Waals surface area contributed by atoms with Crippen LogP contribution in [0.1, 0.15) is 29.5 Å². The number of hydrogen-bond donors (Lipinski definition) is 2. The predicted molar refractivity (Wildman–Crippen MR) is 90.5 cm³/mol. The fourth-order valence-electron chi connectivity index (χ4n) is 3.32. The minimum atomic E-state index is -1.06. The minimum Gasteiger partial charge on any atom is -0.480 e. The first-order valence-corrected chi connectivity index (χ1v) is 8.21. The lowest BCUT2D eigenvalue weighted by Crippen LogP contribution is -2.35. The molecule has 0 bridgehead atoms. The number of hydrogen-bond acceptors (Lipinski definition) is 4. The van der Waals surface area contributed by atoms with Gasteiger partial charge in [-0.2, -0.15) is 5.10 Å². The molecule has 1 amide bonds.